The van der Waals surface area contributed by atoms with Crippen molar-refractivity contribution in [2.45, 2.75) is 63.6 Å². The second kappa shape index (κ2) is 6.89. The third-order valence-corrected chi connectivity index (χ3v) is 5.24. The van der Waals surface area contributed by atoms with Gasteiger partial charge in [0.1, 0.15) is 5.54 Å². The van der Waals surface area contributed by atoms with Crippen LogP contribution in [0.5, 0.6) is 0 Å². The molecule has 3 atom stereocenters. The molecule has 0 amide bonds. The maximum absolute atomic E-state index is 9.47. The fourth-order valence-corrected chi connectivity index (χ4v) is 4.04. The molecule has 1 saturated carbocycles. The number of nitriles is 1. The summed E-state index contributed by atoms with van der Waals surface area (Å²) in [4.78, 5) is 5.11. The van der Waals surface area contributed by atoms with Crippen LogP contribution in [0, 0.1) is 11.3 Å². The Morgan fingerprint density at radius 3 is 2.85 bits per heavy atom. The second-order valence-corrected chi connectivity index (χ2v) is 6.49. The zero-order chi connectivity index (χ0) is 14.6. The van der Waals surface area contributed by atoms with Crippen molar-refractivity contribution in [3.05, 3.63) is 0 Å². The molecule has 0 aromatic heterocycles. The van der Waals surface area contributed by atoms with Crippen LogP contribution in [-0.4, -0.2) is 60.6 Å². The van der Waals surface area contributed by atoms with Crippen LogP contribution in [0.1, 0.15) is 46.0 Å². The van der Waals surface area contributed by atoms with Crippen molar-refractivity contribution < 1.29 is 0 Å². The number of likely N-dealkylation sites (N-methyl/N-ethyl adjacent to an activating group) is 2. The monoisotopic (exact) mass is 278 g/mol. The molecule has 20 heavy (non-hydrogen) atoms. The number of nitrogens with zero attached hydrogens (tertiary/aromatic N) is 3. The maximum Gasteiger partial charge on any atom is 0.108 e. The van der Waals surface area contributed by atoms with Crippen LogP contribution in [0.3, 0.4) is 0 Å². The van der Waals surface area contributed by atoms with Gasteiger partial charge in [-0.15, -0.1) is 0 Å². The highest BCUT2D eigenvalue weighted by atomic mass is 15.2. The highest BCUT2D eigenvalue weighted by Gasteiger charge is 2.40. The minimum Gasteiger partial charge on any atom is -0.302 e. The van der Waals surface area contributed by atoms with Gasteiger partial charge in [0, 0.05) is 18.6 Å². The molecule has 0 aromatic carbocycles. The molecular formula is C16H30N4. The van der Waals surface area contributed by atoms with Gasteiger partial charge in [0.25, 0.3) is 0 Å². The Labute approximate surface area is 124 Å². The van der Waals surface area contributed by atoms with Gasteiger partial charge in [-0.1, -0.05) is 13.8 Å². The summed E-state index contributed by atoms with van der Waals surface area (Å²) >= 11 is 0. The molecule has 1 aliphatic carbocycles. The average Bonchev–Trinajstić information content (AvgIpc) is 3.06. The summed E-state index contributed by atoms with van der Waals surface area (Å²) in [5, 5.41) is 12.9. The van der Waals surface area contributed by atoms with Gasteiger partial charge in [-0.25, -0.2) is 0 Å². The van der Waals surface area contributed by atoms with Gasteiger partial charge in [0.2, 0.25) is 0 Å². The first-order valence-electron chi connectivity index (χ1n) is 8.24. The molecule has 1 N–H and O–H groups in total. The molecule has 2 fully saturated rings. The Bertz CT molecular complexity index is 351. The molecule has 4 nitrogen and oxygen atoms in total. The Morgan fingerprint density at radius 1 is 1.40 bits per heavy atom. The molecule has 3 unspecified atom stereocenters. The lowest BCUT2D eigenvalue weighted by Crippen LogP contribution is -2.45. The van der Waals surface area contributed by atoms with Gasteiger partial charge >= 0.3 is 0 Å². The van der Waals surface area contributed by atoms with E-state index in [4.69, 9.17) is 0 Å². The lowest BCUT2D eigenvalue weighted by atomic mass is 9.99. The summed E-state index contributed by atoms with van der Waals surface area (Å²) in [7, 11) is 2.25. The number of likely N-dealkylation sites (tertiary alicyclic amines) is 1. The molecule has 1 heterocycles. The SMILES string of the molecule is CCNC1(C#N)CCC(N(C)CC2CCCN2CC)C1. The average molecular weight is 278 g/mol. The van der Waals surface area contributed by atoms with Crippen molar-refractivity contribution >= 4 is 0 Å². The molecule has 1 saturated heterocycles. The van der Waals surface area contributed by atoms with E-state index in [0.29, 0.717) is 6.04 Å². The lowest BCUT2D eigenvalue weighted by Gasteiger charge is -2.32. The van der Waals surface area contributed by atoms with E-state index in [0.717, 1.165) is 38.4 Å². The summed E-state index contributed by atoms with van der Waals surface area (Å²) in [5.41, 5.74) is -0.270. The maximum atomic E-state index is 9.47. The van der Waals surface area contributed by atoms with Crippen molar-refractivity contribution in [1.29, 1.82) is 5.26 Å². The molecule has 2 rings (SSSR count). The quantitative estimate of drug-likeness (QED) is 0.805. The zero-order valence-electron chi connectivity index (χ0n) is 13.4. The van der Waals surface area contributed by atoms with Gasteiger partial charge in [-0.05, 0) is 58.8 Å². The first kappa shape index (κ1) is 15.8. The minimum absolute atomic E-state index is 0.270. The summed E-state index contributed by atoms with van der Waals surface area (Å²) in [5.74, 6) is 0. The predicted molar refractivity (Wildman–Crippen MR) is 82.6 cm³/mol. The highest BCUT2D eigenvalue weighted by molar-refractivity contribution is 5.13. The standard InChI is InChI=1S/C16H30N4/c1-4-18-16(13-17)9-8-14(11-16)19(3)12-15-7-6-10-20(15)5-2/h14-15,18H,4-12H2,1-3H3. The third-order valence-electron chi connectivity index (χ3n) is 5.24. The highest BCUT2D eigenvalue weighted by Crippen LogP contribution is 2.33. The summed E-state index contributed by atoms with van der Waals surface area (Å²) in [6, 6.07) is 3.81. The van der Waals surface area contributed by atoms with E-state index in [1.54, 1.807) is 0 Å². The molecule has 4 heteroatoms. The van der Waals surface area contributed by atoms with Gasteiger partial charge in [0.05, 0.1) is 6.07 Å². The van der Waals surface area contributed by atoms with E-state index in [9.17, 15) is 5.26 Å². The van der Waals surface area contributed by atoms with Gasteiger partial charge in [0.15, 0.2) is 0 Å². The molecule has 0 radical (unpaired) electrons. The molecular weight excluding hydrogens is 248 g/mol. The van der Waals surface area contributed by atoms with Crippen LogP contribution in [0.2, 0.25) is 0 Å². The fraction of sp³-hybridized carbons (Fsp3) is 0.938. The van der Waals surface area contributed by atoms with Crippen LogP contribution < -0.4 is 5.32 Å². The molecule has 0 bridgehead atoms. The molecule has 0 aromatic rings. The van der Waals surface area contributed by atoms with Crippen molar-refractivity contribution in [2.24, 2.45) is 0 Å². The Hall–Kier alpha value is -0.630. The summed E-state index contributed by atoms with van der Waals surface area (Å²) in [6.45, 7) is 8.83. The fourth-order valence-electron chi connectivity index (χ4n) is 4.04. The third kappa shape index (κ3) is 3.33. The minimum atomic E-state index is -0.270. The topological polar surface area (TPSA) is 42.3 Å². The van der Waals surface area contributed by atoms with Gasteiger partial charge in [-0.2, -0.15) is 5.26 Å². The number of nitrogens with one attached hydrogen (secondary N) is 1. The van der Waals surface area contributed by atoms with E-state index in [1.165, 1.54) is 25.9 Å². The van der Waals surface area contributed by atoms with Crippen molar-refractivity contribution in [3.8, 4) is 6.07 Å². The van der Waals surface area contributed by atoms with E-state index >= 15 is 0 Å². The number of hydrogen-bond acceptors (Lipinski definition) is 4. The Morgan fingerprint density at radius 2 is 2.20 bits per heavy atom. The molecule has 0 spiro atoms. The first-order valence-corrected chi connectivity index (χ1v) is 8.24. The van der Waals surface area contributed by atoms with Crippen LogP contribution in [0.15, 0.2) is 0 Å². The van der Waals surface area contributed by atoms with Crippen molar-refractivity contribution in [1.82, 2.24) is 15.1 Å². The van der Waals surface area contributed by atoms with E-state index in [2.05, 4.69) is 42.1 Å². The molecule has 114 valence electrons. The van der Waals surface area contributed by atoms with E-state index < -0.39 is 0 Å². The van der Waals surface area contributed by atoms with Crippen LogP contribution in [-0.2, 0) is 0 Å². The predicted octanol–water partition coefficient (Wildman–Crippen LogP) is 1.83. The first-order chi connectivity index (χ1) is 9.64. The largest absolute Gasteiger partial charge is 0.302 e. The van der Waals surface area contributed by atoms with Gasteiger partial charge < -0.3 is 4.90 Å². The van der Waals surface area contributed by atoms with Crippen molar-refractivity contribution in [2.75, 3.05) is 33.2 Å². The lowest BCUT2D eigenvalue weighted by molar-refractivity contribution is 0.161. The van der Waals surface area contributed by atoms with Crippen LogP contribution >= 0.6 is 0 Å². The summed E-state index contributed by atoms with van der Waals surface area (Å²) < 4.78 is 0. The molecule has 1 aliphatic heterocycles. The van der Waals surface area contributed by atoms with Crippen LogP contribution in [0.25, 0.3) is 0 Å². The Balaban J connectivity index is 1.88. The number of rotatable bonds is 6. The van der Waals surface area contributed by atoms with E-state index in [-0.39, 0.29) is 5.54 Å². The normalized spacial score (nSPS) is 34.8. The van der Waals surface area contributed by atoms with Crippen molar-refractivity contribution in [3.63, 3.8) is 0 Å². The zero-order valence-corrected chi connectivity index (χ0v) is 13.4. The van der Waals surface area contributed by atoms with Gasteiger partial charge in [-0.3, -0.25) is 10.2 Å². The van der Waals surface area contributed by atoms with E-state index in [1.807, 2.05) is 0 Å². The summed E-state index contributed by atoms with van der Waals surface area (Å²) in [6.07, 6.45) is 5.80. The Kier molecular flexibility index (Phi) is 5.42. The smallest absolute Gasteiger partial charge is 0.108 e. The number of hydrogen-bond donors (Lipinski definition) is 1. The second-order valence-electron chi connectivity index (χ2n) is 6.49. The molecule has 2 aliphatic rings. The van der Waals surface area contributed by atoms with Crippen LogP contribution in [0.4, 0.5) is 0 Å².